The minimum absolute atomic E-state index is 0.0271. The summed E-state index contributed by atoms with van der Waals surface area (Å²) in [6, 6.07) is 9.74. The van der Waals surface area contributed by atoms with E-state index in [9.17, 15) is 18.0 Å². The van der Waals surface area contributed by atoms with Gasteiger partial charge < -0.3 is 9.64 Å². The highest BCUT2D eigenvalue weighted by Gasteiger charge is 2.28. The Morgan fingerprint density at radius 1 is 1.10 bits per heavy atom. The maximum Gasteiger partial charge on any atom is 0.256 e. The number of carbonyl (C=O) groups is 1. The fourth-order valence-electron chi connectivity index (χ4n) is 3.67. The third-order valence-electron chi connectivity index (χ3n) is 5.07. The Morgan fingerprint density at radius 3 is 2.43 bits per heavy atom. The molecule has 0 aliphatic carbocycles. The molecule has 2 aromatic carbocycles. The van der Waals surface area contributed by atoms with Crippen LogP contribution in [0, 0.1) is 23.4 Å². The van der Waals surface area contributed by atoms with Crippen LogP contribution in [0.4, 0.5) is 13.2 Å². The van der Waals surface area contributed by atoms with Crippen LogP contribution in [0.2, 0.25) is 0 Å². The van der Waals surface area contributed by atoms with Gasteiger partial charge in [-0.25, -0.2) is 13.2 Å². The molecule has 30 heavy (non-hydrogen) atoms. The van der Waals surface area contributed by atoms with Gasteiger partial charge in [0.2, 0.25) is 0 Å². The zero-order chi connectivity index (χ0) is 21.7. The standard InChI is InChI=1S/C23H27F3N2O2/c1-16(2)12-28(23(29)18-6-3-4-7-20(18)24)14-17-13-27(10-11-30-17)15-19-21(25)8-5-9-22(19)26/h3-9,16-17H,10-15H2,1-2H3/t17-/m1/s1. The van der Waals surface area contributed by atoms with Gasteiger partial charge in [-0.3, -0.25) is 9.69 Å². The smallest absolute Gasteiger partial charge is 0.256 e. The van der Waals surface area contributed by atoms with Gasteiger partial charge in [-0.2, -0.15) is 0 Å². The van der Waals surface area contributed by atoms with E-state index in [1.807, 2.05) is 18.7 Å². The van der Waals surface area contributed by atoms with Gasteiger partial charge in [-0.05, 0) is 30.2 Å². The van der Waals surface area contributed by atoms with Crippen LogP contribution in [0.5, 0.6) is 0 Å². The molecule has 2 aromatic rings. The second-order valence-corrected chi connectivity index (χ2v) is 8.01. The summed E-state index contributed by atoms with van der Waals surface area (Å²) in [4.78, 5) is 16.5. The van der Waals surface area contributed by atoms with Gasteiger partial charge in [0.25, 0.3) is 5.91 Å². The van der Waals surface area contributed by atoms with Gasteiger partial charge in [-0.1, -0.05) is 32.0 Å². The van der Waals surface area contributed by atoms with E-state index in [2.05, 4.69) is 0 Å². The first-order valence-corrected chi connectivity index (χ1v) is 10.2. The van der Waals surface area contributed by atoms with Crippen molar-refractivity contribution in [1.82, 2.24) is 9.80 Å². The molecule has 0 unspecified atom stereocenters. The third-order valence-corrected chi connectivity index (χ3v) is 5.07. The predicted molar refractivity (Wildman–Crippen MR) is 109 cm³/mol. The van der Waals surface area contributed by atoms with Gasteiger partial charge in [-0.15, -0.1) is 0 Å². The summed E-state index contributed by atoms with van der Waals surface area (Å²) >= 11 is 0. The molecule has 3 rings (SSSR count). The zero-order valence-electron chi connectivity index (χ0n) is 17.3. The largest absolute Gasteiger partial charge is 0.374 e. The summed E-state index contributed by atoms with van der Waals surface area (Å²) in [6.45, 7) is 6.18. The van der Waals surface area contributed by atoms with E-state index in [0.29, 0.717) is 26.2 Å². The summed E-state index contributed by atoms with van der Waals surface area (Å²) in [5.74, 6) is -1.91. The Labute approximate surface area is 175 Å². The molecule has 1 atom stereocenters. The van der Waals surface area contributed by atoms with E-state index in [0.717, 1.165) is 0 Å². The van der Waals surface area contributed by atoms with Gasteiger partial charge in [0.05, 0.1) is 18.3 Å². The lowest BCUT2D eigenvalue weighted by Crippen LogP contribution is -2.49. The van der Waals surface area contributed by atoms with Crippen LogP contribution < -0.4 is 0 Å². The highest BCUT2D eigenvalue weighted by Crippen LogP contribution is 2.18. The maximum atomic E-state index is 14.1. The Hall–Kier alpha value is -2.38. The number of hydrogen-bond donors (Lipinski definition) is 0. The Kier molecular flexibility index (Phi) is 7.50. The number of morpholine rings is 1. The average Bonchev–Trinajstić information content (AvgIpc) is 2.70. The monoisotopic (exact) mass is 420 g/mol. The highest BCUT2D eigenvalue weighted by atomic mass is 19.1. The van der Waals surface area contributed by atoms with Crippen molar-refractivity contribution in [2.75, 3.05) is 32.8 Å². The van der Waals surface area contributed by atoms with Crippen LogP contribution in [0.1, 0.15) is 29.8 Å². The SMILES string of the molecule is CC(C)CN(C[C@H]1CN(Cc2c(F)cccc2F)CCO1)C(=O)c1ccccc1F. The molecular formula is C23H27F3N2O2. The lowest BCUT2D eigenvalue weighted by atomic mass is 10.1. The molecule has 1 amide bonds. The van der Waals surface area contributed by atoms with Crippen molar-refractivity contribution in [2.45, 2.75) is 26.5 Å². The molecule has 0 aromatic heterocycles. The molecule has 162 valence electrons. The van der Waals surface area contributed by atoms with Crippen molar-refractivity contribution in [3.8, 4) is 0 Å². The maximum absolute atomic E-state index is 14.1. The number of nitrogens with zero attached hydrogens (tertiary/aromatic N) is 2. The molecule has 1 saturated heterocycles. The summed E-state index contributed by atoms with van der Waals surface area (Å²) in [7, 11) is 0. The summed E-state index contributed by atoms with van der Waals surface area (Å²) < 4.78 is 48.0. The minimum Gasteiger partial charge on any atom is -0.374 e. The lowest BCUT2D eigenvalue weighted by molar-refractivity contribution is -0.0443. The fourth-order valence-corrected chi connectivity index (χ4v) is 3.67. The molecule has 4 nitrogen and oxygen atoms in total. The summed E-state index contributed by atoms with van der Waals surface area (Å²) in [5.41, 5.74) is 0.0545. The van der Waals surface area contributed by atoms with Crippen molar-refractivity contribution < 1.29 is 22.7 Å². The Balaban J connectivity index is 1.70. The number of halogens is 3. The second kappa shape index (κ2) is 10.1. The fraction of sp³-hybridized carbons (Fsp3) is 0.435. The minimum atomic E-state index is -0.575. The number of carbonyl (C=O) groups excluding carboxylic acids is 1. The zero-order valence-corrected chi connectivity index (χ0v) is 17.3. The van der Waals surface area contributed by atoms with E-state index < -0.39 is 17.5 Å². The van der Waals surface area contributed by atoms with Crippen LogP contribution in [-0.4, -0.2) is 54.6 Å². The molecule has 7 heteroatoms. The molecule has 0 bridgehead atoms. The normalized spacial score (nSPS) is 17.3. The molecule has 1 aliphatic rings. The van der Waals surface area contributed by atoms with Crippen molar-refractivity contribution in [1.29, 1.82) is 0 Å². The van der Waals surface area contributed by atoms with E-state index in [1.165, 1.54) is 30.3 Å². The lowest BCUT2D eigenvalue weighted by Gasteiger charge is -2.36. The molecule has 0 saturated carbocycles. The van der Waals surface area contributed by atoms with Crippen molar-refractivity contribution >= 4 is 5.91 Å². The molecule has 0 spiro atoms. The van der Waals surface area contributed by atoms with Crippen molar-refractivity contribution in [2.24, 2.45) is 5.92 Å². The average molecular weight is 420 g/mol. The van der Waals surface area contributed by atoms with E-state index in [-0.39, 0.29) is 42.1 Å². The first-order valence-electron chi connectivity index (χ1n) is 10.2. The van der Waals surface area contributed by atoms with Gasteiger partial charge in [0.1, 0.15) is 17.5 Å². The third kappa shape index (κ3) is 5.61. The number of hydrogen-bond acceptors (Lipinski definition) is 3. The molecule has 0 radical (unpaired) electrons. The van der Waals surface area contributed by atoms with Crippen molar-refractivity contribution in [3.63, 3.8) is 0 Å². The number of ether oxygens (including phenoxy) is 1. The quantitative estimate of drug-likeness (QED) is 0.676. The van der Waals surface area contributed by atoms with E-state index in [1.54, 1.807) is 17.0 Å². The van der Waals surface area contributed by atoms with Gasteiger partial charge >= 0.3 is 0 Å². The van der Waals surface area contributed by atoms with E-state index >= 15 is 0 Å². The van der Waals surface area contributed by atoms with Crippen LogP contribution in [0.3, 0.4) is 0 Å². The summed E-state index contributed by atoms with van der Waals surface area (Å²) in [6.07, 6.45) is -0.331. The van der Waals surface area contributed by atoms with Crippen LogP contribution in [0.25, 0.3) is 0 Å². The molecule has 0 N–H and O–H groups in total. The number of amides is 1. The van der Waals surface area contributed by atoms with Crippen molar-refractivity contribution in [3.05, 3.63) is 71.0 Å². The molecular weight excluding hydrogens is 393 g/mol. The van der Waals surface area contributed by atoms with Crippen LogP contribution >= 0.6 is 0 Å². The molecule has 1 aliphatic heterocycles. The van der Waals surface area contributed by atoms with Gasteiger partial charge in [0.15, 0.2) is 0 Å². The predicted octanol–water partition coefficient (Wildman–Crippen LogP) is 4.10. The first kappa shape index (κ1) is 22.3. The number of benzene rings is 2. The van der Waals surface area contributed by atoms with Crippen LogP contribution in [-0.2, 0) is 11.3 Å². The van der Waals surface area contributed by atoms with E-state index in [4.69, 9.17) is 4.74 Å². The summed E-state index contributed by atoms with van der Waals surface area (Å²) in [5, 5.41) is 0. The molecule has 1 heterocycles. The Morgan fingerprint density at radius 2 is 1.77 bits per heavy atom. The van der Waals surface area contributed by atoms with Crippen LogP contribution in [0.15, 0.2) is 42.5 Å². The second-order valence-electron chi connectivity index (χ2n) is 8.01. The Bertz CT molecular complexity index is 855. The molecule has 1 fully saturated rings. The van der Waals surface area contributed by atoms with Gasteiger partial charge in [0, 0.05) is 38.3 Å². The first-order chi connectivity index (χ1) is 14.3. The highest BCUT2D eigenvalue weighted by molar-refractivity contribution is 5.94. The topological polar surface area (TPSA) is 32.8 Å². The number of rotatable bonds is 7.